The number of nitrogens with one attached hydrogen (secondary N) is 3. The number of halogens is 1. The molecule has 0 fully saturated rings. The number of hydrogen-bond acceptors (Lipinski definition) is 4. The van der Waals surface area contributed by atoms with E-state index in [1.54, 1.807) is 38.6 Å². The minimum absolute atomic E-state index is 0.0803. The first-order valence-electron chi connectivity index (χ1n) is 8.62. The maximum Gasteiger partial charge on any atom is 0.194 e. The smallest absolute Gasteiger partial charge is 0.194 e. The molecule has 7 heteroatoms. The summed E-state index contributed by atoms with van der Waals surface area (Å²) in [6, 6.07) is 15.4. The number of pyridine rings is 1. The van der Waals surface area contributed by atoms with Crippen molar-refractivity contribution in [1.82, 2.24) is 10.3 Å². The summed E-state index contributed by atoms with van der Waals surface area (Å²) in [4.78, 5) is 4.23. The molecule has 0 radical (unpaired) electrons. The predicted octanol–water partition coefficient (Wildman–Crippen LogP) is 4.04. The van der Waals surface area contributed by atoms with Crippen molar-refractivity contribution >= 4 is 11.8 Å². The van der Waals surface area contributed by atoms with Crippen molar-refractivity contribution in [3.8, 4) is 22.6 Å². The number of methoxy groups -OCH3 is 2. The highest BCUT2D eigenvalue weighted by atomic mass is 19.1. The van der Waals surface area contributed by atoms with E-state index < -0.39 is 0 Å². The molecule has 0 saturated carbocycles. The van der Waals surface area contributed by atoms with Gasteiger partial charge in [-0.15, -0.1) is 0 Å². The topological polar surface area (TPSA) is 79.3 Å². The van der Waals surface area contributed by atoms with Gasteiger partial charge < -0.3 is 20.1 Å². The first kappa shape index (κ1) is 19.2. The Kier molecular flexibility index (Phi) is 6.06. The van der Waals surface area contributed by atoms with Crippen molar-refractivity contribution in [3.05, 3.63) is 72.2 Å². The number of nitrogens with zero attached hydrogens (tertiary/aromatic N) is 1. The van der Waals surface area contributed by atoms with Crippen LogP contribution in [-0.2, 0) is 6.54 Å². The SMILES string of the molecule is COc1cccc(OC)c1CNC(=N)Nc1cc(-c2ccc(F)cc2)ccn1. The monoisotopic (exact) mass is 380 g/mol. The van der Waals surface area contributed by atoms with Gasteiger partial charge in [0.25, 0.3) is 0 Å². The van der Waals surface area contributed by atoms with Crippen molar-refractivity contribution in [2.24, 2.45) is 0 Å². The first-order valence-corrected chi connectivity index (χ1v) is 8.62. The zero-order chi connectivity index (χ0) is 19.9. The molecule has 0 atom stereocenters. The van der Waals surface area contributed by atoms with E-state index in [0.29, 0.717) is 23.9 Å². The van der Waals surface area contributed by atoms with Gasteiger partial charge in [-0.2, -0.15) is 0 Å². The van der Waals surface area contributed by atoms with Gasteiger partial charge in [-0.1, -0.05) is 18.2 Å². The Morgan fingerprint density at radius 1 is 1.00 bits per heavy atom. The molecule has 0 saturated heterocycles. The van der Waals surface area contributed by atoms with Crippen LogP contribution in [0.25, 0.3) is 11.1 Å². The number of rotatable bonds is 6. The Hall–Kier alpha value is -3.61. The van der Waals surface area contributed by atoms with Crippen LogP contribution in [-0.4, -0.2) is 25.2 Å². The van der Waals surface area contributed by atoms with Crippen LogP contribution in [0.3, 0.4) is 0 Å². The van der Waals surface area contributed by atoms with Gasteiger partial charge in [0, 0.05) is 6.20 Å². The van der Waals surface area contributed by atoms with Crippen molar-refractivity contribution in [3.63, 3.8) is 0 Å². The van der Waals surface area contributed by atoms with E-state index in [0.717, 1.165) is 16.7 Å². The van der Waals surface area contributed by atoms with Gasteiger partial charge in [-0.25, -0.2) is 9.37 Å². The standard InChI is InChI=1S/C21H21FN4O2/c1-27-18-4-3-5-19(28-2)17(18)13-25-21(23)26-20-12-15(10-11-24-20)14-6-8-16(22)9-7-14/h3-12H,13H2,1-2H3,(H3,23,24,25,26). The van der Waals surface area contributed by atoms with E-state index in [-0.39, 0.29) is 11.8 Å². The quantitative estimate of drug-likeness (QED) is 0.444. The molecule has 0 aliphatic heterocycles. The molecule has 1 aromatic heterocycles. The third-order valence-corrected chi connectivity index (χ3v) is 4.16. The molecular weight excluding hydrogens is 359 g/mol. The molecule has 1 heterocycles. The third-order valence-electron chi connectivity index (χ3n) is 4.16. The van der Waals surface area contributed by atoms with Gasteiger partial charge in [0.1, 0.15) is 23.1 Å². The second-order valence-corrected chi connectivity index (χ2v) is 5.93. The molecule has 0 aliphatic rings. The van der Waals surface area contributed by atoms with Crippen LogP contribution in [0.5, 0.6) is 11.5 Å². The van der Waals surface area contributed by atoms with Crippen LogP contribution >= 0.6 is 0 Å². The highest BCUT2D eigenvalue weighted by molar-refractivity contribution is 5.90. The van der Waals surface area contributed by atoms with Crippen molar-refractivity contribution < 1.29 is 13.9 Å². The van der Waals surface area contributed by atoms with Gasteiger partial charge in [0.2, 0.25) is 0 Å². The van der Waals surface area contributed by atoms with E-state index >= 15 is 0 Å². The maximum atomic E-state index is 13.1. The normalized spacial score (nSPS) is 10.2. The van der Waals surface area contributed by atoms with E-state index in [1.807, 2.05) is 24.3 Å². The van der Waals surface area contributed by atoms with Crippen molar-refractivity contribution in [1.29, 1.82) is 5.41 Å². The summed E-state index contributed by atoms with van der Waals surface area (Å²) >= 11 is 0. The largest absolute Gasteiger partial charge is 0.496 e. The highest BCUT2D eigenvalue weighted by Crippen LogP contribution is 2.28. The molecule has 0 aliphatic carbocycles. The van der Waals surface area contributed by atoms with Crippen LogP contribution in [0.15, 0.2) is 60.8 Å². The molecule has 3 rings (SSSR count). The predicted molar refractivity (Wildman–Crippen MR) is 107 cm³/mol. The number of hydrogen-bond donors (Lipinski definition) is 3. The number of ether oxygens (including phenoxy) is 2. The average molecular weight is 380 g/mol. The second kappa shape index (κ2) is 8.85. The molecule has 6 nitrogen and oxygen atoms in total. The third kappa shape index (κ3) is 4.56. The fourth-order valence-corrected chi connectivity index (χ4v) is 2.77. The van der Waals surface area contributed by atoms with Gasteiger partial charge >= 0.3 is 0 Å². The fraction of sp³-hybridized carbons (Fsp3) is 0.143. The summed E-state index contributed by atoms with van der Waals surface area (Å²) in [5.41, 5.74) is 2.55. The lowest BCUT2D eigenvalue weighted by molar-refractivity contribution is 0.384. The minimum Gasteiger partial charge on any atom is -0.496 e. The molecule has 0 spiro atoms. The van der Waals surface area contributed by atoms with Crippen LogP contribution < -0.4 is 20.1 Å². The van der Waals surface area contributed by atoms with Gasteiger partial charge in [-0.05, 0) is 47.5 Å². The Balaban J connectivity index is 1.68. The van der Waals surface area contributed by atoms with E-state index in [4.69, 9.17) is 14.9 Å². The summed E-state index contributed by atoms with van der Waals surface area (Å²) in [5.74, 6) is 1.66. The average Bonchev–Trinajstić information content (AvgIpc) is 2.72. The molecule has 28 heavy (non-hydrogen) atoms. The van der Waals surface area contributed by atoms with Crippen LogP contribution in [0, 0.1) is 11.2 Å². The zero-order valence-corrected chi connectivity index (χ0v) is 15.6. The van der Waals surface area contributed by atoms with Crippen LogP contribution in [0.2, 0.25) is 0 Å². The molecule has 2 aromatic carbocycles. The highest BCUT2D eigenvalue weighted by Gasteiger charge is 2.10. The molecule has 144 valence electrons. The lowest BCUT2D eigenvalue weighted by Gasteiger charge is -2.15. The molecular formula is C21H21FN4O2. The van der Waals surface area contributed by atoms with E-state index in [9.17, 15) is 4.39 Å². The maximum absolute atomic E-state index is 13.1. The fourth-order valence-electron chi connectivity index (χ4n) is 2.77. The first-order chi connectivity index (χ1) is 13.6. The van der Waals surface area contributed by atoms with E-state index in [2.05, 4.69) is 15.6 Å². The Bertz CT molecular complexity index is 939. The Morgan fingerprint density at radius 2 is 1.68 bits per heavy atom. The van der Waals surface area contributed by atoms with Crippen molar-refractivity contribution in [2.75, 3.05) is 19.5 Å². The molecule has 3 N–H and O–H groups in total. The van der Waals surface area contributed by atoms with Gasteiger partial charge in [-0.3, -0.25) is 5.41 Å². The van der Waals surface area contributed by atoms with Crippen molar-refractivity contribution in [2.45, 2.75) is 6.54 Å². The Labute approximate surface area is 162 Å². The van der Waals surface area contributed by atoms with Gasteiger partial charge in [0.05, 0.1) is 26.3 Å². The summed E-state index contributed by atoms with van der Waals surface area (Å²) in [6.45, 7) is 0.344. The van der Waals surface area contributed by atoms with Crippen LogP contribution in [0.4, 0.5) is 10.2 Å². The Morgan fingerprint density at radius 3 is 2.32 bits per heavy atom. The minimum atomic E-state index is -0.283. The van der Waals surface area contributed by atoms with Gasteiger partial charge in [0.15, 0.2) is 5.96 Å². The second-order valence-electron chi connectivity index (χ2n) is 5.93. The summed E-state index contributed by atoms with van der Waals surface area (Å²) in [5, 5.41) is 14.0. The molecule has 0 amide bonds. The van der Waals surface area contributed by atoms with E-state index in [1.165, 1.54) is 12.1 Å². The molecule has 0 unspecified atom stereocenters. The van der Waals surface area contributed by atoms with Crippen LogP contribution in [0.1, 0.15) is 5.56 Å². The number of anilines is 1. The molecule has 0 bridgehead atoms. The number of benzene rings is 2. The summed E-state index contributed by atoms with van der Waals surface area (Å²) in [7, 11) is 3.18. The molecule has 3 aromatic rings. The lowest BCUT2D eigenvalue weighted by Crippen LogP contribution is -2.29. The number of guanidine groups is 1. The summed E-state index contributed by atoms with van der Waals surface area (Å²) in [6.07, 6.45) is 1.64. The summed E-state index contributed by atoms with van der Waals surface area (Å²) < 4.78 is 23.8. The number of aromatic nitrogens is 1. The lowest BCUT2D eigenvalue weighted by atomic mass is 10.1. The zero-order valence-electron chi connectivity index (χ0n) is 15.6.